The number of nitrogens with zero attached hydrogens (tertiary/aromatic N) is 3. The van der Waals surface area contributed by atoms with E-state index in [1.165, 1.54) is 11.8 Å². The molecule has 1 amide bonds. The van der Waals surface area contributed by atoms with Crippen LogP contribution in [0.25, 0.3) is 11.4 Å². The number of hydrogen-bond acceptors (Lipinski definition) is 5. The summed E-state index contributed by atoms with van der Waals surface area (Å²) in [4.78, 5) is 13.3. The minimum Gasteiger partial charge on any atom is -0.325 e. The van der Waals surface area contributed by atoms with Crippen molar-refractivity contribution in [1.29, 1.82) is 0 Å². The van der Waals surface area contributed by atoms with E-state index in [1.54, 1.807) is 0 Å². The van der Waals surface area contributed by atoms with Crippen LogP contribution in [-0.2, 0) is 4.79 Å². The number of aromatic nitrogens is 3. The highest BCUT2D eigenvalue weighted by molar-refractivity contribution is 8.00. The molecule has 0 saturated carbocycles. The summed E-state index contributed by atoms with van der Waals surface area (Å²) in [5.41, 5.74) is 7.41. The summed E-state index contributed by atoms with van der Waals surface area (Å²) in [7, 11) is 0. The molecule has 2 heterocycles. The van der Waals surface area contributed by atoms with Crippen LogP contribution in [0.3, 0.4) is 0 Å². The lowest BCUT2D eigenvalue weighted by atomic mass is 10.0. The molecule has 31 heavy (non-hydrogen) atoms. The monoisotopic (exact) mass is 427 g/mol. The van der Waals surface area contributed by atoms with E-state index in [-0.39, 0.29) is 11.9 Å². The Morgan fingerprint density at radius 1 is 0.935 bits per heavy atom. The highest BCUT2D eigenvalue weighted by Gasteiger charge is 2.38. The first-order valence-electron chi connectivity index (χ1n) is 10.1. The minimum absolute atomic E-state index is 0.0780. The maximum absolute atomic E-state index is 13.3. The fourth-order valence-electron chi connectivity index (χ4n) is 3.59. The van der Waals surface area contributed by atoms with E-state index >= 15 is 0 Å². The zero-order valence-electron chi connectivity index (χ0n) is 16.9. The predicted molar refractivity (Wildman–Crippen MR) is 123 cm³/mol. The normalized spacial score (nSPS) is 17.5. The summed E-state index contributed by atoms with van der Waals surface area (Å²) in [5, 5.41) is 12.0. The summed E-state index contributed by atoms with van der Waals surface area (Å²) in [6, 6.07) is 27.5. The van der Waals surface area contributed by atoms with Gasteiger partial charge in [0.1, 0.15) is 5.25 Å². The van der Waals surface area contributed by atoms with Crippen LogP contribution >= 0.6 is 11.8 Å². The van der Waals surface area contributed by atoms with Crippen LogP contribution in [0.1, 0.15) is 17.2 Å². The van der Waals surface area contributed by atoms with Gasteiger partial charge in [0.05, 0.1) is 6.04 Å². The molecule has 0 bridgehead atoms. The molecule has 6 nitrogen and oxygen atoms in total. The number of carbonyl (C=O) groups excluding carboxylic acids is 1. The maximum Gasteiger partial charge on any atom is 0.240 e. The number of aryl methyl sites for hydroxylation is 1. The van der Waals surface area contributed by atoms with Crippen molar-refractivity contribution in [2.75, 3.05) is 10.7 Å². The Balaban J connectivity index is 1.50. The molecule has 0 aliphatic carbocycles. The van der Waals surface area contributed by atoms with Crippen molar-refractivity contribution in [3.63, 3.8) is 0 Å². The number of rotatable bonds is 4. The Bertz CT molecular complexity index is 1190. The highest BCUT2D eigenvalue weighted by atomic mass is 32.2. The fourth-order valence-corrected chi connectivity index (χ4v) is 4.67. The number of benzene rings is 3. The molecule has 1 aromatic heterocycles. The highest BCUT2D eigenvalue weighted by Crippen LogP contribution is 2.38. The van der Waals surface area contributed by atoms with Gasteiger partial charge >= 0.3 is 0 Å². The zero-order valence-corrected chi connectivity index (χ0v) is 17.7. The van der Waals surface area contributed by atoms with E-state index in [1.807, 2.05) is 96.5 Å². The average molecular weight is 428 g/mol. The first-order valence-corrected chi connectivity index (χ1v) is 10.9. The average Bonchev–Trinajstić information content (AvgIpc) is 3.24. The summed E-state index contributed by atoms with van der Waals surface area (Å²) in [5.74, 6) is 0.646. The number of carbonyl (C=O) groups is 1. The molecule has 1 aliphatic rings. The van der Waals surface area contributed by atoms with Crippen LogP contribution in [-0.4, -0.2) is 26.0 Å². The van der Waals surface area contributed by atoms with Crippen molar-refractivity contribution in [1.82, 2.24) is 14.9 Å². The Morgan fingerprint density at radius 3 is 2.32 bits per heavy atom. The van der Waals surface area contributed by atoms with Crippen molar-refractivity contribution in [2.24, 2.45) is 0 Å². The molecule has 154 valence electrons. The largest absolute Gasteiger partial charge is 0.325 e. The Kier molecular flexibility index (Phi) is 5.18. The van der Waals surface area contributed by atoms with Gasteiger partial charge in [-0.15, -0.1) is 10.2 Å². The number of hydrogen-bond donors (Lipinski definition) is 2. The molecule has 0 unspecified atom stereocenters. The van der Waals surface area contributed by atoms with Crippen molar-refractivity contribution >= 4 is 23.4 Å². The summed E-state index contributed by atoms with van der Waals surface area (Å²) in [6.07, 6.45) is 0. The lowest BCUT2D eigenvalue weighted by molar-refractivity contribution is -0.116. The number of thioether (sulfide) groups is 1. The van der Waals surface area contributed by atoms with Gasteiger partial charge in [0.25, 0.3) is 0 Å². The van der Waals surface area contributed by atoms with Gasteiger partial charge in [-0.2, -0.15) is 0 Å². The van der Waals surface area contributed by atoms with Gasteiger partial charge in [0.2, 0.25) is 11.1 Å². The van der Waals surface area contributed by atoms with Crippen molar-refractivity contribution in [3.8, 4) is 11.4 Å². The topological polar surface area (TPSA) is 71.8 Å². The number of nitrogens with one attached hydrogen (secondary N) is 2. The maximum atomic E-state index is 13.3. The van der Waals surface area contributed by atoms with Crippen LogP contribution in [0, 0.1) is 6.92 Å². The first kappa shape index (κ1) is 19.4. The molecule has 2 atom stereocenters. The number of anilines is 1. The molecule has 7 heteroatoms. The van der Waals surface area contributed by atoms with Crippen LogP contribution < -0.4 is 10.7 Å². The second-order valence-electron chi connectivity index (χ2n) is 7.42. The molecule has 0 saturated heterocycles. The van der Waals surface area contributed by atoms with Crippen LogP contribution in [0.5, 0.6) is 0 Å². The van der Waals surface area contributed by atoms with Gasteiger partial charge in [-0.25, -0.2) is 4.68 Å². The van der Waals surface area contributed by atoms with E-state index < -0.39 is 5.25 Å². The van der Waals surface area contributed by atoms with Gasteiger partial charge in [-0.3, -0.25) is 4.79 Å². The van der Waals surface area contributed by atoms with E-state index in [4.69, 9.17) is 0 Å². The molecule has 2 N–H and O–H groups in total. The molecule has 3 aromatic carbocycles. The third kappa shape index (κ3) is 3.92. The van der Waals surface area contributed by atoms with Gasteiger partial charge in [0.15, 0.2) is 5.82 Å². The first-order chi connectivity index (χ1) is 15.2. The third-order valence-corrected chi connectivity index (χ3v) is 6.42. The van der Waals surface area contributed by atoms with E-state index in [2.05, 4.69) is 20.9 Å². The van der Waals surface area contributed by atoms with Crippen LogP contribution in [0.15, 0.2) is 90.1 Å². The molecule has 0 radical (unpaired) electrons. The van der Waals surface area contributed by atoms with E-state index in [0.29, 0.717) is 5.16 Å². The number of amides is 1. The lowest BCUT2D eigenvalue weighted by Gasteiger charge is -2.33. The summed E-state index contributed by atoms with van der Waals surface area (Å²) < 4.78 is 1.88. The second kappa shape index (κ2) is 8.28. The Hall–Kier alpha value is -3.58. The standard InChI is InChI=1S/C24H21N5OS/c1-16-12-14-19(15-13-16)25-23(30)21-20(17-8-4-2-5-9-17)28-29-22(26-27-24(29)31-21)18-10-6-3-7-11-18/h2-15,20-21,28H,1H3,(H,25,30)/t20-,21-/m0/s1. The molecular weight excluding hydrogens is 406 g/mol. The van der Waals surface area contributed by atoms with Crippen LogP contribution in [0.4, 0.5) is 5.69 Å². The van der Waals surface area contributed by atoms with Crippen LogP contribution in [0.2, 0.25) is 0 Å². The summed E-state index contributed by atoms with van der Waals surface area (Å²) >= 11 is 1.42. The molecule has 1 aliphatic heterocycles. The molecule has 0 spiro atoms. The van der Waals surface area contributed by atoms with E-state index in [0.717, 1.165) is 28.2 Å². The summed E-state index contributed by atoms with van der Waals surface area (Å²) in [6.45, 7) is 2.02. The Labute approximate surface area is 184 Å². The van der Waals surface area contributed by atoms with Gasteiger partial charge < -0.3 is 10.7 Å². The smallest absolute Gasteiger partial charge is 0.240 e. The van der Waals surface area contributed by atoms with E-state index in [9.17, 15) is 4.79 Å². The second-order valence-corrected chi connectivity index (χ2v) is 8.53. The molecular formula is C24H21N5OS. The van der Waals surface area contributed by atoms with Crippen molar-refractivity contribution in [3.05, 3.63) is 96.1 Å². The van der Waals surface area contributed by atoms with Gasteiger partial charge in [-0.1, -0.05) is 90.1 Å². The fraction of sp³-hybridized carbons (Fsp3) is 0.125. The molecule has 5 rings (SSSR count). The minimum atomic E-state index is -0.413. The molecule has 4 aromatic rings. The third-order valence-electron chi connectivity index (χ3n) is 5.20. The molecule has 0 fully saturated rings. The Morgan fingerprint density at radius 2 is 1.61 bits per heavy atom. The SMILES string of the molecule is Cc1ccc(NC(=O)[C@H]2Sc3nnc(-c4ccccc4)n3N[C@H]2c2ccccc2)cc1. The van der Waals surface area contributed by atoms with Crippen molar-refractivity contribution in [2.45, 2.75) is 23.4 Å². The van der Waals surface area contributed by atoms with Gasteiger partial charge in [0, 0.05) is 11.3 Å². The van der Waals surface area contributed by atoms with Crippen molar-refractivity contribution < 1.29 is 4.79 Å². The zero-order chi connectivity index (χ0) is 21.2. The van der Waals surface area contributed by atoms with Gasteiger partial charge in [-0.05, 0) is 24.6 Å². The quantitative estimate of drug-likeness (QED) is 0.496. The predicted octanol–water partition coefficient (Wildman–Crippen LogP) is 4.65. The lowest BCUT2D eigenvalue weighted by Crippen LogP contribution is -2.41. The number of fused-ring (bicyclic) bond motifs is 1.